The highest BCUT2D eigenvalue weighted by atomic mass is 16.5. The molecule has 0 heterocycles. The molecule has 5 atom stereocenters. The van der Waals surface area contributed by atoms with E-state index in [4.69, 9.17) is 4.74 Å². The number of hydrogen-bond acceptors (Lipinski definition) is 3. The second-order valence-electron chi connectivity index (χ2n) is 8.61. The Kier molecular flexibility index (Phi) is 4.39. The van der Waals surface area contributed by atoms with E-state index in [1.54, 1.807) is 7.11 Å². The molecule has 0 aliphatic heterocycles. The third-order valence-electron chi connectivity index (χ3n) is 7.51. The van der Waals surface area contributed by atoms with Gasteiger partial charge in [0.15, 0.2) is 0 Å². The zero-order chi connectivity index (χ0) is 17.6. The van der Waals surface area contributed by atoms with E-state index >= 15 is 0 Å². The lowest BCUT2D eigenvalue weighted by Gasteiger charge is -2.50. The maximum absolute atomic E-state index is 12.8. The minimum atomic E-state index is -0.120. The van der Waals surface area contributed by atoms with Gasteiger partial charge in [-0.15, -0.1) is 0 Å². The van der Waals surface area contributed by atoms with E-state index in [2.05, 4.69) is 25.1 Å². The Morgan fingerprint density at radius 2 is 2.16 bits per heavy atom. The lowest BCUT2D eigenvalue weighted by Crippen LogP contribution is -2.44. The maximum atomic E-state index is 12.8. The number of benzene rings is 1. The smallest absolute Gasteiger partial charge is 0.139 e. The van der Waals surface area contributed by atoms with Gasteiger partial charge in [0.2, 0.25) is 0 Å². The van der Waals surface area contributed by atoms with Crippen LogP contribution in [0.5, 0.6) is 5.75 Å². The molecule has 4 rings (SSSR count). The zero-order valence-corrected chi connectivity index (χ0v) is 15.5. The number of hydrogen-bond donors (Lipinski definition) is 1. The van der Waals surface area contributed by atoms with Gasteiger partial charge in [-0.05, 0) is 85.5 Å². The van der Waals surface area contributed by atoms with Gasteiger partial charge in [0.05, 0.1) is 7.11 Å². The summed E-state index contributed by atoms with van der Waals surface area (Å²) in [6, 6.07) is 6.58. The molecule has 1 aromatic rings. The minimum Gasteiger partial charge on any atom is -0.497 e. The first-order chi connectivity index (χ1) is 12.1. The van der Waals surface area contributed by atoms with Crippen molar-refractivity contribution in [1.29, 1.82) is 0 Å². The molecule has 0 amide bonds. The van der Waals surface area contributed by atoms with Crippen LogP contribution in [0.1, 0.15) is 62.5 Å². The van der Waals surface area contributed by atoms with Crippen LogP contribution in [0, 0.1) is 23.2 Å². The Balaban J connectivity index is 1.66. The molecule has 0 bridgehead atoms. The zero-order valence-electron chi connectivity index (χ0n) is 15.5. The number of carbonyl (C=O) groups excluding carboxylic acids is 1. The van der Waals surface area contributed by atoms with Crippen LogP contribution < -0.4 is 4.74 Å². The van der Waals surface area contributed by atoms with E-state index in [1.807, 2.05) is 0 Å². The summed E-state index contributed by atoms with van der Waals surface area (Å²) in [5, 5.41) is 9.27. The van der Waals surface area contributed by atoms with Crippen molar-refractivity contribution in [2.75, 3.05) is 13.7 Å². The molecule has 0 unspecified atom stereocenters. The van der Waals surface area contributed by atoms with E-state index in [1.165, 1.54) is 17.5 Å². The minimum absolute atomic E-state index is 0.120. The molecule has 3 heteroatoms. The van der Waals surface area contributed by atoms with Crippen LogP contribution in [0.25, 0.3) is 0 Å². The third-order valence-corrected chi connectivity index (χ3v) is 7.51. The topological polar surface area (TPSA) is 46.5 Å². The number of aliphatic hydroxyl groups is 1. The normalized spacial score (nSPS) is 36.5. The Morgan fingerprint density at radius 1 is 1.32 bits per heavy atom. The molecule has 25 heavy (non-hydrogen) atoms. The van der Waals surface area contributed by atoms with Gasteiger partial charge >= 0.3 is 0 Å². The average Bonchev–Trinajstić information content (AvgIpc) is 2.89. The summed E-state index contributed by atoms with van der Waals surface area (Å²) in [6.07, 6.45) is 7.01. The summed E-state index contributed by atoms with van der Waals surface area (Å²) < 4.78 is 5.41. The predicted molar refractivity (Wildman–Crippen MR) is 97.8 cm³/mol. The highest BCUT2D eigenvalue weighted by Gasteiger charge is 2.58. The second-order valence-corrected chi connectivity index (χ2v) is 8.61. The predicted octanol–water partition coefficient (Wildman–Crippen LogP) is 4.12. The molecule has 136 valence electrons. The van der Waals surface area contributed by atoms with E-state index in [-0.39, 0.29) is 12.0 Å². The molecule has 3 aliphatic rings. The van der Waals surface area contributed by atoms with Crippen molar-refractivity contribution in [3.05, 3.63) is 29.3 Å². The number of rotatable bonds is 4. The SMILES string of the molecule is COc1ccc2c(c1)CC[C@H]1[C@@H]3[C@H](CCCO)CC(=O)[C@@]3(C)CC[C@H]21. The monoisotopic (exact) mass is 342 g/mol. The van der Waals surface area contributed by atoms with Crippen LogP contribution in [-0.2, 0) is 11.2 Å². The van der Waals surface area contributed by atoms with Crippen LogP contribution >= 0.6 is 0 Å². The molecule has 2 saturated carbocycles. The molecule has 1 aromatic carbocycles. The first-order valence-electron chi connectivity index (χ1n) is 9.89. The quantitative estimate of drug-likeness (QED) is 0.895. The van der Waals surface area contributed by atoms with Crippen molar-refractivity contribution in [2.45, 2.75) is 57.8 Å². The number of ether oxygens (including phenoxy) is 1. The number of aliphatic hydroxyl groups excluding tert-OH is 1. The summed E-state index contributed by atoms with van der Waals surface area (Å²) in [6.45, 7) is 2.48. The molecule has 0 spiro atoms. The largest absolute Gasteiger partial charge is 0.497 e. The Labute approximate surface area is 150 Å². The van der Waals surface area contributed by atoms with E-state index in [0.717, 1.165) is 44.3 Å². The maximum Gasteiger partial charge on any atom is 0.139 e. The molecule has 0 aromatic heterocycles. The van der Waals surface area contributed by atoms with Crippen molar-refractivity contribution < 1.29 is 14.6 Å². The molecular weight excluding hydrogens is 312 g/mol. The van der Waals surface area contributed by atoms with Crippen LogP contribution in [0.4, 0.5) is 0 Å². The van der Waals surface area contributed by atoms with E-state index in [9.17, 15) is 9.90 Å². The number of ketones is 1. The summed E-state index contributed by atoms with van der Waals surface area (Å²) in [5.74, 6) is 3.62. The number of Topliss-reactive ketones (excluding diaryl/α,β-unsaturated/α-hetero) is 1. The first kappa shape index (κ1) is 17.1. The van der Waals surface area contributed by atoms with Crippen molar-refractivity contribution in [3.8, 4) is 5.75 Å². The number of methoxy groups -OCH3 is 1. The van der Waals surface area contributed by atoms with E-state index in [0.29, 0.717) is 29.5 Å². The summed E-state index contributed by atoms with van der Waals surface area (Å²) in [7, 11) is 1.73. The highest BCUT2D eigenvalue weighted by Crippen LogP contribution is 2.62. The van der Waals surface area contributed by atoms with Gasteiger partial charge in [-0.1, -0.05) is 13.0 Å². The van der Waals surface area contributed by atoms with Gasteiger partial charge in [0, 0.05) is 18.4 Å². The molecular formula is C22H30O3. The number of aryl methyl sites for hydroxylation is 1. The fraction of sp³-hybridized carbons (Fsp3) is 0.682. The Bertz CT molecular complexity index is 667. The van der Waals surface area contributed by atoms with Gasteiger partial charge in [0.1, 0.15) is 11.5 Å². The third kappa shape index (κ3) is 2.63. The van der Waals surface area contributed by atoms with Gasteiger partial charge in [-0.3, -0.25) is 4.79 Å². The number of carbonyl (C=O) groups is 1. The van der Waals surface area contributed by atoms with Gasteiger partial charge in [-0.25, -0.2) is 0 Å². The highest BCUT2D eigenvalue weighted by molar-refractivity contribution is 5.87. The lowest BCUT2D eigenvalue weighted by molar-refractivity contribution is -0.129. The van der Waals surface area contributed by atoms with Crippen molar-refractivity contribution in [1.82, 2.24) is 0 Å². The molecule has 1 N–H and O–H groups in total. The molecule has 3 nitrogen and oxygen atoms in total. The van der Waals surface area contributed by atoms with E-state index < -0.39 is 0 Å². The standard InChI is InChI=1S/C22H30O3/c1-22-10-9-18-17-8-6-16(25-2)12-14(17)5-7-19(18)21(22)15(4-3-11-23)13-20(22)24/h6,8,12,15,18-19,21,23H,3-5,7,9-11,13H2,1-2H3/t15-,18-,19-,21+,22-/m1/s1. The molecule has 0 saturated heterocycles. The van der Waals surface area contributed by atoms with Crippen LogP contribution in [0.2, 0.25) is 0 Å². The fourth-order valence-corrected chi connectivity index (χ4v) is 6.36. The first-order valence-corrected chi connectivity index (χ1v) is 9.89. The van der Waals surface area contributed by atoms with Crippen LogP contribution in [0.3, 0.4) is 0 Å². The van der Waals surface area contributed by atoms with Crippen molar-refractivity contribution in [2.24, 2.45) is 23.2 Å². The average molecular weight is 342 g/mol. The van der Waals surface area contributed by atoms with Gasteiger partial charge < -0.3 is 9.84 Å². The second kappa shape index (κ2) is 6.42. The lowest BCUT2D eigenvalue weighted by atomic mass is 9.54. The Morgan fingerprint density at radius 3 is 2.92 bits per heavy atom. The molecule has 0 radical (unpaired) electrons. The molecule has 2 fully saturated rings. The summed E-state index contributed by atoms with van der Waals surface area (Å²) in [5.41, 5.74) is 2.82. The molecule has 3 aliphatic carbocycles. The summed E-state index contributed by atoms with van der Waals surface area (Å²) in [4.78, 5) is 12.8. The van der Waals surface area contributed by atoms with Crippen LogP contribution in [-0.4, -0.2) is 24.6 Å². The fourth-order valence-electron chi connectivity index (χ4n) is 6.36. The van der Waals surface area contributed by atoms with Gasteiger partial charge in [-0.2, -0.15) is 0 Å². The number of fused-ring (bicyclic) bond motifs is 5. The van der Waals surface area contributed by atoms with Crippen molar-refractivity contribution in [3.63, 3.8) is 0 Å². The Hall–Kier alpha value is -1.35. The van der Waals surface area contributed by atoms with Crippen LogP contribution in [0.15, 0.2) is 18.2 Å². The van der Waals surface area contributed by atoms with Gasteiger partial charge in [0.25, 0.3) is 0 Å². The summed E-state index contributed by atoms with van der Waals surface area (Å²) >= 11 is 0. The van der Waals surface area contributed by atoms with Crippen molar-refractivity contribution >= 4 is 5.78 Å².